The lowest BCUT2D eigenvalue weighted by Crippen LogP contribution is -2.38. The number of nitrogens with zero attached hydrogens (tertiary/aromatic N) is 1. The van der Waals surface area contributed by atoms with Gasteiger partial charge < -0.3 is 9.64 Å². The third-order valence-corrected chi connectivity index (χ3v) is 4.89. The maximum absolute atomic E-state index is 13.1. The van der Waals surface area contributed by atoms with Gasteiger partial charge in [-0.15, -0.1) is 0 Å². The van der Waals surface area contributed by atoms with Crippen molar-refractivity contribution < 1.29 is 14.3 Å². The number of halogens is 2. The highest BCUT2D eigenvalue weighted by molar-refractivity contribution is 6.31. The lowest BCUT2D eigenvalue weighted by molar-refractivity contribution is 0.0299. The van der Waals surface area contributed by atoms with E-state index in [1.807, 2.05) is 42.3 Å². The van der Waals surface area contributed by atoms with Gasteiger partial charge in [0.1, 0.15) is 0 Å². The average Bonchev–Trinajstić information content (AvgIpc) is 2.74. The minimum Gasteiger partial charge on any atom is -0.448 e. The normalized spacial score (nSPS) is 11.6. The van der Waals surface area contributed by atoms with Crippen LogP contribution in [0.5, 0.6) is 0 Å². The summed E-state index contributed by atoms with van der Waals surface area (Å²) in [5, 5.41) is 1.04. The number of esters is 1. The fourth-order valence-corrected chi connectivity index (χ4v) is 3.05. The molecule has 0 aliphatic heterocycles. The molecule has 0 N–H and O–H groups in total. The molecule has 3 rings (SSSR count). The van der Waals surface area contributed by atoms with Crippen molar-refractivity contribution in [1.29, 1.82) is 0 Å². The van der Waals surface area contributed by atoms with Crippen LogP contribution in [0.4, 0.5) is 5.69 Å². The van der Waals surface area contributed by atoms with Crippen molar-refractivity contribution in [2.75, 3.05) is 18.5 Å². The molecule has 6 heteroatoms. The number of ketones is 1. The van der Waals surface area contributed by atoms with Gasteiger partial charge in [0.15, 0.2) is 6.10 Å². The first-order valence-corrected chi connectivity index (χ1v) is 9.72. The van der Waals surface area contributed by atoms with Gasteiger partial charge in [-0.25, -0.2) is 4.79 Å². The molecule has 0 unspecified atom stereocenters. The summed E-state index contributed by atoms with van der Waals surface area (Å²) < 4.78 is 5.61. The summed E-state index contributed by atoms with van der Waals surface area (Å²) in [5.74, 6) is -0.887. The number of ether oxygens (including phenoxy) is 1. The monoisotopic (exact) mass is 427 g/mol. The fourth-order valence-electron chi connectivity index (χ4n) is 2.79. The van der Waals surface area contributed by atoms with Crippen molar-refractivity contribution in [1.82, 2.24) is 0 Å². The van der Waals surface area contributed by atoms with Crippen LogP contribution in [0.2, 0.25) is 10.0 Å². The van der Waals surface area contributed by atoms with E-state index in [4.69, 9.17) is 27.9 Å². The van der Waals surface area contributed by atoms with E-state index in [1.54, 1.807) is 48.5 Å². The van der Waals surface area contributed by atoms with E-state index >= 15 is 0 Å². The largest absolute Gasteiger partial charge is 0.448 e. The average molecular weight is 428 g/mol. The molecule has 29 heavy (non-hydrogen) atoms. The SMILES string of the molecule is CN(C[C@@H](OC(=O)c1ccc(Cl)cc1)C(=O)c1ccc(Cl)cc1)c1ccccc1. The number of carbonyl (C=O) groups excluding carboxylic acids is 2. The third kappa shape index (κ3) is 5.59. The summed E-state index contributed by atoms with van der Waals surface area (Å²) in [4.78, 5) is 27.6. The zero-order valence-electron chi connectivity index (χ0n) is 15.7. The van der Waals surface area contributed by atoms with Crippen molar-refractivity contribution in [2.45, 2.75) is 6.10 Å². The molecule has 0 bridgehead atoms. The highest BCUT2D eigenvalue weighted by atomic mass is 35.5. The topological polar surface area (TPSA) is 46.6 Å². The van der Waals surface area contributed by atoms with Crippen LogP contribution in [0.25, 0.3) is 0 Å². The second-order valence-electron chi connectivity index (χ2n) is 6.49. The zero-order chi connectivity index (χ0) is 20.8. The first kappa shape index (κ1) is 20.9. The summed E-state index contributed by atoms with van der Waals surface area (Å²) in [7, 11) is 1.84. The molecule has 0 saturated carbocycles. The predicted molar refractivity (Wildman–Crippen MR) is 116 cm³/mol. The Balaban J connectivity index is 1.83. The van der Waals surface area contributed by atoms with Crippen LogP contribution in [0, 0.1) is 0 Å². The second kappa shape index (κ2) is 9.59. The van der Waals surface area contributed by atoms with Crippen molar-refractivity contribution in [2.24, 2.45) is 0 Å². The molecule has 0 spiro atoms. The molecule has 0 heterocycles. The van der Waals surface area contributed by atoms with Crippen LogP contribution in [-0.2, 0) is 4.74 Å². The maximum atomic E-state index is 13.1. The Hall–Kier alpha value is -2.82. The number of hydrogen-bond acceptors (Lipinski definition) is 4. The Labute approximate surface area is 179 Å². The minimum absolute atomic E-state index is 0.199. The molecular formula is C23H19Cl2NO3. The van der Waals surface area contributed by atoms with Gasteiger partial charge in [0.05, 0.1) is 12.1 Å². The molecule has 148 valence electrons. The van der Waals surface area contributed by atoms with Gasteiger partial charge in [-0.2, -0.15) is 0 Å². The standard InChI is InChI=1S/C23H19Cl2NO3/c1-26(20-5-3-2-4-6-20)15-21(22(27)16-7-11-18(24)12-8-16)29-23(28)17-9-13-19(25)14-10-17/h2-14,21H,15H2,1H3/t21-/m1/s1. The van der Waals surface area contributed by atoms with Crippen molar-refractivity contribution >= 4 is 40.6 Å². The number of likely N-dealkylation sites (N-methyl/N-ethyl adjacent to an activating group) is 1. The number of benzene rings is 3. The Kier molecular flexibility index (Phi) is 6.91. The van der Waals surface area contributed by atoms with Gasteiger partial charge >= 0.3 is 5.97 Å². The van der Waals surface area contributed by atoms with Crippen LogP contribution >= 0.6 is 23.2 Å². The smallest absolute Gasteiger partial charge is 0.338 e. The Bertz CT molecular complexity index is 973. The first-order chi connectivity index (χ1) is 13.9. The molecule has 0 amide bonds. The van der Waals surface area contributed by atoms with Crippen LogP contribution in [0.15, 0.2) is 78.9 Å². The predicted octanol–water partition coefficient (Wildman–Crippen LogP) is 5.54. The fraction of sp³-hybridized carbons (Fsp3) is 0.130. The lowest BCUT2D eigenvalue weighted by atomic mass is 10.1. The second-order valence-corrected chi connectivity index (χ2v) is 7.36. The maximum Gasteiger partial charge on any atom is 0.338 e. The summed E-state index contributed by atoms with van der Waals surface area (Å²) in [6.07, 6.45) is -0.996. The number of carbonyl (C=O) groups is 2. The number of para-hydroxylation sites is 1. The van der Waals surface area contributed by atoms with Crippen molar-refractivity contribution in [3.05, 3.63) is 100 Å². The van der Waals surface area contributed by atoms with Gasteiger partial charge in [0, 0.05) is 28.3 Å². The number of rotatable bonds is 7. The van der Waals surface area contributed by atoms with E-state index in [0.717, 1.165) is 5.69 Å². The van der Waals surface area contributed by atoms with E-state index in [0.29, 0.717) is 21.2 Å². The molecule has 0 aliphatic rings. The highest BCUT2D eigenvalue weighted by Crippen LogP contribution is 2.18. The van der Waals surface area contributed by atoms with Crippen molar-refractivity contribution in [3.63, 3.8) is 0 Å². The van der Waals surface area contributed by atoms with Crippen molar-refractivity contribution in [3.8, 4) is 0 Å². The quantitative estimate of drug-likeness (QED) is 0.366. The Morgan fingerprint density at radius 2 is 1.34 bits per heavy atom. The number of hydrogen-bond donors (Lipinski definition) is 0. The highest BCUT2D eigenvalue weighted by Gasteiger charge is 2.26. The van der Waals surface area contributed by atoms with Gasteiger partial charge in [-0.05, 0) is 60.7 Å². The van der Waals surface area contributed by atoms with E-state index in [1.165, 1.54) is 0 Å². The van der Waals surface area contributed by atoms with E-state index in [-0.39, 0.29) is 12.3 Å². The van der Waals surface area contributed by atoms with Gasteiger partial charge in [0.25, 0.3) is 0 Å². The van der Waals surface area contributed by atoms with Crippen LogP contribution in [0.1, 0.15) is 20.7 Å². The summed E-state index contributed by atoms with van der Waals surface area (Å²) in [5.41, 5.74) is 1.65. The van der Waals surface area contributed by atoms with E-state index in [9.17, 15) is 9.59 Å². The molecule has 4 nitrogen and oxygen atoms in total. The van der Waals surface area contributed by atoms with E-state index < -0.39 is 12.1 Å². The summed E-state index contributed by atoms with van der Waals surface area (Å²) >= 11 is 11.8. The van der Waals surface area contributed by atoms with E-state index in [2.05, 4.69) is 0 Å². The molecule has 0 aromatic heterocycles. The first-order valence-electron chi connectivity index (χ1n) is 8.96. The molecule has 0 aliphatic carbocycles. The molecular weight excluding hydrogens is 409 g/mol. The van der Waals surface area contributed by atoms with Gasteiger partial charge in [-0.1, -0.05) is 41.4 Å². The minimum atomic E-state index is -0.996. The number of anilines is 1. The molecule has 3 aromatic rings. The van der Waals surface area contributed by atoms with Crippen LogP contribution in [0.3, 0.4) is 0 Å². The van der Waals surface area contributed by atoms with Gasteiger partial charge in [0.2, 0.25) is 5.78 Å². The summed E-state index contributed by atoms with van der Waals surface area (Å²) in [6.45, 7) is 0.199. The molecule has 3 aromatic carbocycles. The van der Waals surface area contributed by atoms with Crippen LogP contribution in [-0.4, -0.2) is 31.4 Å². The third-order valence-electron chi connectivity index (χ3n) is 4.39. The lowest BCUT2D eigenvalue weighted by Gasteiger charge is -2.25. The molecule has 1 atom stereocenters. The molecule has 0 fully saturated rings. The summed E-state index contributed by atoms with van der Waals surface area (Å²) in [6, 6.07) is 22.4. The zero-order valence-corrected chi connectivity index (χ0v) is 17.2. The Morgan fingerprint density at radius 1 is 0.828 bits per heavy atom. The van der Waals surface area contributed by atoms with Gasteiger partial charge in [-0.3, -0.25) is 4.79 Å². The number of Topliss-reactive ketones (excluding diaryl/α,β-unsaturated/α-hetero) is 1. The molecule has 0 radical (unpaired) electrons. The Morgan fingerprint density at radius 3 is 1.90 bits per heavy atom. The molecule has 0 saturated heterocycles. The van der Waals surface area contributed by atoms with Crippen LogP contribution < -0.4 is 4.90 Å².